The van der Waals surface area contributed by atoms with Gasteiger partial charge in [-0.3, -0.25) is 0 Å². The Morgan fingerprint density at radius 2 is 1.67 bits per heavy atom. The molecular weight excluding hydrogens is 248 g/mol. The van der Waals surface area contributed by atoms with E-state index in [2.05, 4.69) is 0 Å². The topological polar surface area (TPSA) is 63.4 Å². The van der Waals surface area contributed by atoms with Gasteiger partial charge in [0, 0.05) is 18.8 Å². The molecule has 0 unspecified atom stereocenters. The highest BCUT2D eigenvalue weighted by Gasteiger charge is 2.30. The van der Waals surface area contributed by atoms with E-state index in [-0.39, 0.29) is 0 Å². The third kappa shape index (κ3) is 2.01. The molecule has 0 saturated carbocycles. The van der Waals surface area contributed by atoms with E-state index in [9.17, 15) is 8.42 Å². The van der Waals surface area contributed by atoms with Crippen molar-refractivity contribution in [2.75, 3.05) is 18.8 Å². The maximum atomic E-state index is 12.7. The second-order valence-corrected chi connectivity index (χ2v) is 6.85. The zero-order chi connectivity index (χ0) is 13.5. The summed E-state index contributed by atoms with van der Waals surface area (Å²) >= 11 is 0. The minimum absolute atomic E-state index is 0.405. The number of aryl methyl sites for hydroxylation is 1. The molecule has 1 fully saturated rings. The van der Waals surface area contributed by atoms with Crippen LogP contribution in [0.4, 0.5) is 5.69 Å². The normalized spacial score (nSPS) is 17.3. The van der Waals surface area contributed by atoms with Crippen molar-refractivity contribution in [2.24, 2.45) is 0 Å². The van der Waals surface area contributed by atoms with Crippen molar-refractivity contribution in [3.8, 4) is 0 Å². The van der Waals surface area contributed by atoms with E-state index in [1.54, 1.807) is 11.2 Å². The standard InChI is InChI=1S/C13H20N2O2S/c1-9-8-12(14)11(3)13(10(9)2)18(16,17)15-6-4-5-7-15/h8H,4-7,14H2,1-3H3. The smallest absolute Gasteiger partial charge is 0.243 e. The average molecular weight is 268 g/mol. The Kier molecular flexibility index (Phi) is 3.38. The van der Waals surface area contributed by atoms with Gasteiger partial charge >= 0.3 is 0 Å². The summed E-state index contributed by atoms with van der Waals surface area (Å²) in [5, 5.41) is 0. The van der Waals surface area contributed by atoms with Crippen LogP contribution >= 0.6 is 0 Å². The number of hydrogen-bond donors (Lipinski definition) is 1. The fourth-order valence-corrected chi connectivity index (χ4v) is 4.54. The number of rotatable bonds is 2. The molecule has 1 saturated heterocycles. The SMILES string of the molecule is Cc1cc(N)c(C)c(S(=O)(=O)N2CCCC2)c1C. The van der Waals surface area contributed by atoms with Gasteiger partial charge in [-0.2, -0.15) is 4.31 Å². The predicted octanol–water partition coefficient (Wildman–Crippen LogP) is 1.98. The van der Waals surface area contributed by atoms with Crippen molar-refractivity contribution >= 4 is 15.7 Å². The molecule has 2 N–H and O–H groups in total. The van der Waals surface area contributed by atoms with Crippen LogP contribution in [0.5, 0.6) is 0 Å². The summed E-state index contributed by atoms with van der Waals surface area (Å²) < 4.78 is 26.9. The van der Waals surface area contributed by atoms with E-state index in [0.717, 1.165) is 24.0 Å². The molecule has 5 heteroatoms. The summed E-state index contributed by atoms with van der Waals surface area (Å²) in [5.74, 6) is 0. The number of anilines is 1. The van der Waals surface area contributed by atoms with Crippen molar-refractivity contribution in [2.45, 2.75) is 38.5 Å². The molecule has 100 valence electrons. The first-order chi connectivity index (χ1) is 8.35. The summed E-state index contributed by atoms with van der Waals surface area (Å²) in [7, 11) is -3.39. The molecule has 1 aliphatic heterocycles. The van der Waals surface area contributed by atoms with Crippen LogP contribution in [0.2, 0.25) is 0 Å². The molecule has 0 radical (unpaired) electrons. The largest absolute Gasteiger partial charge is 0.398 e. The maximum absolute atomic E-state index is 12.7. The minimum Gasteiger partial charge on any atom is -0.398 e. The summed E-state index contributed by atoms with van der Waals surface area (Å²) in [6.45, 7) is 6.77. The molecule has 0 amide bonds. The number of nitrogens with zero attached hydrogens (tertiary/aromatic N) is 1. The summed E-state index contributed by atoms with van der Waals surface area (Å²) in [4.78, 5) is 0.405. The van der Waals surface area contributed by atoms with E-state index in [4.69, 9.17) is 5.73 Å². The molecule has 0 spiro atoms. The highest BCUT2D eigenvalue weighted by molar-refractivity contribution is 7.89. The second-order valence-electron chi connectivity index (χ2n) is 4.97. The first-order valence-electron chi connectivity index (χ1n) is 6.22. The van der Waals surface area contributed by atoms with Crippen molar-refractivity contribution in [1.29, 1.82) is 0 Å². The molecule has 1 aromatic carbocycles. The lowest BCUT2D eigenvalue weighted by atomic mass is 10.1. The van der Waals surface area contributed by atoms with E-state index >= 15 is 0 Å². The number of benzene rings is 1. The zero-order valence-electron chi connectivity index (χ0n) is 11.2. The molecule has 0 bridgehead atoms. The van der Waals surface area contributed by atoms with E-state index in [1.165, 1.54) is 0 Å². The average Bonchev–Trinajstić information content (AvgIpc) is 2.80. The van der Waals surface area contributed by atoms with Gasteiger partial charge in [0.25, 0.3) is 0 Å². The van der Waals surface area contributed by atoms with Crippen molar-refractivity contribution < 1.29 is 8.42 Å². The fraction of sp³-hybridized carbons (Fsp3) is 0.538. The summed E-state index contributed by atoms with van der Waals surface area (Å²) in [5.41, 5.74) is 8.87. The number of hydrogen-bond acceptors (Lipinski definition) is 3. The lowest BCUT2D eigenvalue weighted by Gasteiger charge is -2.21. The van der Waals surface area contributed by atoms with Gasteiger partial charge in [0.15, 0.2) is 0 Å². The second kappa shape index (κ2) is 4.55. The molecule has 0 aromatic heterocycles. The highest BCUT2D eigenvalue weighted by atomic mass is 32.2. The van der Waals surface area contributed by atoms with Crippen LogP contribution < -0.4 is 5.73 Å². The molecule has 1 aliphatic rings. The first kappa shape index (κ1) is 13.4. The Hall–Kier alpha value is -1.07. The predicted molar refractivity (Wildman–Crippen MR) is 73.1 cm³/mol. The molecule has 1 heterocycles. The van der Waals surface area contributed by atoms with Crippen molar-refractivity contribution in [1.82, 2.24) is 4.31 Å². The first-order valence-corrected chi connectivity index (χ1v) is 7.66. The van der Waals surface area contributed by atoms with Crippen LogP contribution in [-0.4, -0.2) is 25.8 Å². The monoisotopic (exact) mass is 268 g/mol. The highest BCUT2D eigenvalue weighted by Crippen LogP contribution is 2.31. The molecule has 0 aliphatic carbocycles. The maximum Gasteiger partial charge on any atom is 0.243 e. The molecule has 4 nitrogen and oxygen atoms in total. The Balaban J connectivity index is 2.63. The van der Waals surface area contributed by atoms with E-state index in [0.29, 0.717) is 29.2 Å². The molecule has 1 aromatic rings. The van der Waals surface area contributed by atoms with Gasteiger partial charge in [0.1, 0.15) is 0 Å². The van der Waals surface area contributed by atoms with E-state index < -0.39 is 10.0 Å². The molecule has 2 rings (SSSR count). The van der Waals surface area contributed by atoms with Crippen molar-refractivity contribution in [3.05, 3.63) is 22.8 Å². The third-order valence-electron chi connectivity index (χ3n) is 3.74. The molecular formula is C13H20N2O2S. The van der Waals surface area contributed by atoms with E-state index in [1.807, 2.05) is 19.9 Å². The van der Waals surface area contributed by atoms with Crippen LogP contribution in [0, 0.1) is 20.8 Å². The van der Waals surface area contributed by atoms with Crippen molar-refractivity contribution in [3.63, 3.8) is 0 Å². The van der Waals surface area contributed by atoms with Gasteiger partial charge in [0.05, 0.1) is 4.90 Å². The van der Waals surface area contributed by atoms with Crippen LogP contribution in [0.1, 0.15) is 29.5 Å². The lowest BCUT2D eigenvalue weighted by molar-refractivity contribution is 0.476. The Labute approximate surface area is 109 Å². The van der Waals surface area contributed by atoms with Crippen LogP contribution in [-0.2, 0) is 10.0 Å². The zero-order valence-corrected chi connectivity index (χ0v) is 12.0. The van der Waals surface area contributed by atoms with Gasteiger partial charge in [-0.25, -0.2) is 8.42 Å². The Morgan fingerprint density at radius 1 is 1.11 bits per heavy atom. The number of nitrogens with two attached hydrogens (primary N) is 1. The summed E-state index contributed by atoms with van der Waals surface area (Å²) in [6, 6.07) is 1.84. The quantitative estimate of drug-likeness (QED) is 0.834. The lowest BCUT2D eigenvalue weighted by Crippen LogP contribution is -2.29. The summed E-state index contributed by atoms with van der Waals surface area (Å²) in [6.07, 6.45) is 1.89. The molecule has 0 atom stereocenters. The van der Waals surface area contributed by atoms with Gasteiger partial charge < -0.3 is 5.73 Å². The van der Waals surface area contributed by atoms with Crippen LogP contribution in [0.3, 0.4) is 0 Å². The van der Waals surface area contributed by atoms with Gasteiger partial charge in [-0.1, -0.05) is 0 Å². The number of sulfonamides is 1. The van der Waals surface area contributed by atoms with Crippen LogP contribution in [0.25, 0.3) is 0 Å². The third-order valence-corrected chi connectivity index (χ3v) is 5.91. The van der Waals surface area contributed by atoms with Gasteiger partial charge in [-0.05, 0) is 56.4 Å². The minimum atomic E-state index is -3.39. The number of nitrogen functional groups attached to an aromatic ring is 1. The van der Waals surface area contributed by atoms with Crippen LogP contribution in [0.15, 0.2) is 11.0 Å². The van der Waals surface area contributed by atoms with Gasteiger partial charge in [0.2, 0.25) is 10.0 Å². The van der Waals surface area contributed by atoms with Gasteiger partial charge in [-0.15, -0.1) is 0 Å². The molecule has 18 heavy (non-hydrogen) atoms. The Bertz CT molecular complexity index is 547. The fourth-order valence-electron chi connectivity index (χ4n) is 2.49. The Morgan fingerprint density at radius 3 is 2.22 bits per heavy atom.